The van der Waals surface area contributed by atoms with Crippen LogP contribution in [-0.2, 0) is 4.74 Å². The van der Waals surface area contributed by atoms with E-state index in [9.17, 15) is 4.79 Å². The average Bonchev–Trinajstić information content (AvgIpc) is 2.53. The number of carbonyl (C=O) groups excluding carboxylic acids is 1. The highest BCUT2D eigenvalue weighted by atomic mass is 16.5. The summed E-state index contributed by atoms with van der Waals surface area (Å²) >= 11 is 0. The second-order valence-electron chi connectivity index (χ2n) is 3.35. The van der Waals surface area contributed by atoms with E-state index in [-0.39, 0.29) is 0 Å². The number of hydrogen-bond acceptors (Lipinski definition) is 4. The molecule has 0 saturated carbocycles. The summed E-state index contributed by atoms with van der Waals surface area (Å²) < 4.78 is 4.51. The van der Waals surface area contributed by atoms with Gasteiger partial charge in [0.05, 0.1) is 17.8 Å². The Balaban J connectivity index is 2.36. The van der Waals surface area contributed by atoms with Crippen LogP contribution in [0.1, 0.15) is 6.92 Å². The van der Waals surface area contributed by atoms with Crippen molar-refractivity contribution in [2.75, 3.05) is 7.11 Å². The van der Waals surface area contributed by atoms with Gasteiger partial charge in [-0.05, 0) is 12.1 Å². The van der Waals surface area contributed by atoms with Crippen LogP contribution in [0.25, 0.3) is 0 Å². The Labute approximate surface area is 86.5 Å². The molecule has 0 saturated heterocycles. The molecule has 1 aromatic carbocycles. The molecule has 2 rings (SSSR count). The van der Waals surface area contributed by atoms with Crippen molar-refractivity contribution in [2.45, 2.75) is 12.7 Å². The van der Waals surface area contributed by atoms with E-state index in [0.29, 0.717) is 0 Å². The molecule has 0 radical (unpaired) electrons. The van der Waals surface area contributed by atoms with Gasteiger partial charge in [-0.25, -0.2) is 14.8 Å². The van der Waals surface area contributed by atoms with E-state index in [1.807, 2.05) is 24.3 Å². The molecule has 1 aliphatic rings. The molecule has 0 aromatic heterocycles. The molecular formula is C10H11N3O2. The molecule has 0 aliphatic carbocycles. The predicted molar refractivity (Wildman–Crippen MR) is 52.7 cm³/mol. The average molecular weight is 205 g/mol. The van der Waals surface area contributed by atoms with Gasteiger partial charge < -0.3 is 4.74 Å². The van der Waals surface area contributed by atoms with Crippen LogP contribution in [0.3, 0.4) is 0 Å². The molecule has 5 heteroatoms. The minimum Gasteiger partial charge on any atom is -0.453 e. The summed E-state index contributed by atoms with van der Waals surface area (Å²) in [6, 6.07) is 7.45. The third-order valence-corrected chi connectivity index (χ3v) is 2.08. The fourth-order valence-corrected chi connectivity index (χ4v) is 1.45. The summed E-state index contributed by atoms with van der Waals surface area (Å²) in [5, 5.41) is 4.11. The van der Waals surface area contributed by atoms with Gasteiger partial charge in [0.15, 0.2) is 0 Å². The fourth-order valence-electron chi connectivity index (χ4n) is 1.45. The minimum absolute atomic E-state index is 0.544. The van der Waals surface area contributed by atoms with Gasteiger partial charge in [-0.15, -0.1) is 0 Å². The first-order chi connectivity index (χ1) is 7.13. The van der Waals surface area contributed by atoms with Gasteiger partial charge in [-0.2, -0.15) is 0 Å². The maximum atomic E-state index is 11.1. The molecule has 78 valence electrons. The van der Waals surface area contributed by atoms with E-state index in [4.69, 9.17) is 0 Å². The van der Waals surface area contributed by atoms with E-state index in [1.165, 1.54) is 7.11 Å². The van der Waals surface area contributed by atoms with Crippen LogP contribution in [-0.4, -0.2) is 19.0 Å². The van der Waals surface area contributed by atoms with Crippen LogP contribution in [0.2, 0.25) is 0 Å². The van der Waals surface area contributed by atoms with Gasteiger partial charge in [-0.3, -0.25) is 5.32 Å². The van der Waals surface area contributed by atoms with Crippen LogP contribution < -0.4 is 16.0 Å². The molecule has 0 bridgehead atoms. The number of fused-ring (bicyclic) bond motifs is 1. The molecule has 1 amide bonds. The zero-order valence-electron chi connectivity index (χ0n) is 8.52. The minimum atomic E-state index is -0.948. The second-order valence-corrected chi connectivity index (χ2v) is 3.35. The Bertz CT molecular complexity index is 475. The van der Waals surface area contributed by atoms with Crippen molar-refractivity contribution in [1.82, 2.24) is 5.32 Å². The summed E-state index contributed by atoms with van der Waals surface area (Å²) in [6.45, 7) is 1.71. The van der Waals surface area contributed by atoms with E-state index in [0.717, 1.165) is 10.7 Å². The number of nitrogens with zero attached hydrogens (tertiary/aromatic N) is 2. The molecule has 1 aliphatic heterocycles. The summed E-state index contributed by atoms with van der Waals surface area (Å²) in [5.41, 5.74) is 0. The highest BCUT2D eigenvalue weighted by Crippen LogP contribution is 2.08. The maximum absolute atomic E-state index is 11.1. The van der Waals surface area contributed by atoms with Gasteiger partial charge in [0.2, 0.25) is 5.79 Å². The SMILES string of the molecule is COC(=O)NC1(C)N=c2ccccc2=N1. The summed E-state index contributed by atoms with van der Waals surface area (Å²) in [5.74, 6) is -0.948. The highest BCUT2D eigenvalue weighted by Gasteiger charge is 2.27. The van der Waals surface area contributed by atoms with Crippen LogP contribution in [0.15, 0.2) is 34.3 Å². The molecule has 0 fully saturated rings. The molecule has 0 unspecified atom stereocenters. The van der Waals surface area contributed by atoms with Crippen LogP contribution >= 0.6 is 0 Å². The molecule has 5 nitrogen and oxygen atoms in total. The largest absolute Gasteiger partial charge is 0.453 e. The second kappa shape index (κ2) is 3.34. The molecular weight excluding hydrogens is 194 g/mol. The molecule has 1 N–H and O–H groups in total. The predicted octanol–water partition coefficient (Wildman–Crippen LogP) is -0.0309. The number of hydrogen-bond donors (Lipinski definition) is 1. The lowest BCUT2D eigenvalue weighted by molar-refractivity contribution is 0.159. The first-order valence-corrected chi connectivity index (χ1v) is 4.54. The van der Waals surface area contributed by atoms with E-state index >= 15 is 0 Å². The van der Waals surface area contributed by atoms with Gasteiger partial charge in [0.1, 0.15) is 0 Å². The number of rotatable bonds is 1. The summed E-state index contributed by atoms with van der Waals surface area (Å²) in [7, 11) is 1.31. The van der Waals surface area contributed by atoms with Crippen molar-refractivity contribution >= 4 is 6.09 Å². The van der Waals surface area contributed by atoms with Gasteiger partial charge in [-0.1, -0.05) is 12.1 Å². The first-order valence-electron chi connectivity index (χ1n) is 4.54. The quantitative estimate of drug-likeness (QED) is 0.699. The fraction of sp³-hybridized carbons (Fsp3) is 0.300. The van der Waals surface area contributed by atoms with E-state index < -0.39 is 11.9 Å². The summed E-state index contributed by atoms with van der Waals surface area (Å²) in [4.78, 5) is 19.7. The topological polar surface area (TPSA) is 63.0 Å². The Morgan fingerprint density at radius 1 is 1.33 bits per heavy atom. The lowest BCUT2D eigenvalue weighted by Gasteiger charge is -2.17. The molecule has 1 heterocycles. The number of benzene rings is 1. The van der Waals surface area contributed by atoms with Crippen molar-refractivity contribution in [2.24, 2.45) is 9.98 Å². The third-order valence-electron chi connectivity index (χ3n) is 2.08. The lowest BCUT2D eigenvalue weighted by Crippen LogP contribution is -2.42. The van der Waals surface area contributed by atoms with Crippen molar-refractivity contribution < 1.29 is 9.53 Å². The lowest BCUT2D eigenvalue weighted by atomic mass is 10.3. The maximum Gasteiger partial charge on any atom is 0.410 e. The standard InChI is InChI=1S/C10H11N3O2/c1-10(13-9(14)15-2)11-7-5-3-4-6-8(7)12-10/h3-6H,1-2H3,(H,13,14). The van der Waals surface area contributed by atoms with Gasteiger partial charge in [0.25, 0.3) is 0 Å². The molecule has 0 atom stereocenters. The first kappa shape index (κ1) is 9.64. The van der Waals surface area contributed by atoms with Crippen LogP contribution in [0, 0.1) is 0 Å². The summed E-state index contributed by atoms with van der Waals surface area (Å²) in [6.07, 6.45) is -0.544. The van der Waals surface area contributed by atoms with Crippen LogP contribution in [0.4, 0.5) is 4.79 Å². The monoisotopic (exact) mass is 205 g/mol. The highest BCUT2D eigenvalue weighted by molar-refractivity contribution is 5.67. The van der Waals surface area contributed by atoms with E-state index in [2.05, 4.69) is 20.0 Å². The molecule has 0 spiro atoms. The number of amides is 1. The smallest absolute Gasteiger partial charge is 0.410 e. The van der Waals surface area contributed by atoms with Gasteiger partial charge >= 0.3 is 6.09 Å². The van der Waals surface area contributed by atoms with Crippen LogP contribution in [0.5, 0.6) is 0 Å². The number of para-hydroxylation sites is 2. The number of ether oxygens (including phenoxy) is 1. The third kappa shape index (κ3) is 1.81. The number of methoxy groups -OCH3 is 1. The zero-order chi connectivity index (χ0) is 10.9. The normalized spacial score (nSPS) is 15.9. The van der Waals surface area contributed by atoms with Crippen molar-refractivity contribution in [1.29, 1.82) is 0 Å². The Hall–Kier alpha value is -1.91. The zero-order valence-corrected chi connectivity index (χ0v) is 8.52. The van der Waals surface area contributed by atoms with Crippen molar-refractivity contribution in [3.63, 3.8) is 0 Å². The number of alkyl carbamates (subject to hydrolysis) is 1. The number of nitrogens with one attached hydrogen (secondary N) is 1. The van der Waals surface area contributed by atoms with Gasteiger partial charge in [0, 0.05) is 6.92 Å². The van der Waals surface area contributed by atoms with Crippen molar-refractivity contribution in [3.8, 4) is 0 Å². The Kier molecular flexibility index (Phi) is 2.15. The Morgan fingerprint density at radius 3 is 2.33 bits per heavy atom. The number of carbonyl (C=O) groups is 1. The van der Waals surface area contributed by atoms with Crippen molar-refractivity contribution in [3.05, 3.63) is 35.0 Å². The molecule has 1 aromatic rings. The van der Waals surface area contributed by atoms with E-state index in [1.54, 1.807) is 6.92 Å². The Morgan fingerprint density at radius 2 is 1.87 bits per heavy atom. The molecule has 15 heavy (non-hydrogen) atoms.